The molecule has 9 nitrogen and oxygen atoms in total. The van der Waals surface area contributed by atoms with Gasteiger partial charge in [-0.3, -0.25) is 4.18 Å². The van der Waals surface area contributed by atoms with Gasteiger partial charge in [-0.15, -0.1) is 0 Å². The molecule has 0 bridgehead atoms. The molecule has 0 amide bonds. The fourth-order valence-corrected chi connectivity index (χ4v) is 2.60. The molecule has 1 heterocycles. The smallest absolute Gasteiger partial charge is 0.335 e. The van der Waals surface area contributed by atoms with Crippen molar-refractivity contribution in [1.82, 2.24) is 0 Å². The molecule has 0 N–H and O–H groups in total. The molecule has 1 aliphatic rings. The zero-order valence-electron chi connectivity index (χ0n) is 11.4. The van der Waals surface area contributed by atoms with Crippen molar-refractivity contribution in [2.75, 3.05) is 12.9 Å². The Kier molecular flexibility index (Phi) is 5.75. The van der Waals surface area contributed by atoms with Gasteiger partial charge in [0.15, 0.2) is 6.10 Å². The van der Waals surface area contributed by atoms with Crippen LogP contribution in [0.3, 0.4) is 0 Å². The van der Waals surface area contributed by atoms with E-state index >= 15 is 0 Å². The maximum Gasteiger partial charge on any atom is 0.335 e. The van der Waals surface area contributed by atoms with Crippen molar-refractivity contribution in [3.05, 3.63) is 10.4 Å². The van der Waals surface area contributed by atoms with Crippen molar-refractivity contribution in [3.63, 3.8) is 0 Å². The van der Waals surface area contributed by atoms with Crippen LogP contribution in [0.2, 0.25) is 0 Å². The second-order valence-electron chi connectivity index (χ2n) is 4.36. The van der Waals surface area contributed by atoms with Crippen LogP contribution in [0.4, 0.5) is 0 Å². The molecule has 0 aromatic rings. The lowest BCUT2D eigenvalue weighted by atomic mass is 9.97. The van der Waals surface area contributed by atoms with Crippen LogP contribution in [0.5, 0.6) is 0 Å². The minimum Gasteiger partial charge on any atom is -0.464 e. The van der Waals surface area contributed by atoms with Gasteiger partial charge in [-0.2, -0.15) is 8.42 Å². The van der Waals surface area contributed by atoms with Crippen molar-refractivity contribution < 1.29 is 26.9 Å². The van der Waals surface area contributed by atoms with Gasteiger partial charge in [0.2, 0.25) is 0 Å². The van der Waals surface area contributed by atoms with Crippen LogP contribution in [0.25, 0.3) is 10.4 Å². The molecule has 1 fully saturated rings. The summed E-state index contributed by atoms with van der Waals surface area (Å²) in [6, 6.07) is -0.873. The SMILES string of the molecule is CCOC(=O)[C@@H]1O[C@@H](C)[C@H](OS(C)(=O)=O)C[C@@H]1N=[N+]=[N-]. The highest BCUT2D eigenvalue weighted by Gasteiger charge is 2.42. The first kappa shape index (κ1) is 16.7. The van der Waals surface area contributed by atoms with Gasteiger partial charge in [0.05, 0.1) is 25.0 Å². The van der Waals surface area contributed by atoms with E-state index in [0.717, 1.165) is 6.26 Å². The van der Waals surface area contributed by atoms with Crippen molar-refractivity contribution in [1.29, 1.82) is 0 Å². The molecule has 0 aromatic carbocycles. The first-order valence-electron chi connectivity index (χ1n) is 6.03. The third-order valence-electron chi connectivity index (χ3n) is 2.73. The Hall–Kier alpha value is -1.35. The standard InChI is InChI=1S/C10H17N3O6S/c1-4-17-10(14)9-7(12-13-11)5-8(6(2)18-9)19-20(3,15)16/h6-9H,4-5H2,1-3H3/t6-,7-,8+,9+/m0/s1. The molecule has 4 atom stereocenters. The second-order valence-corrected chi connectivity index (χ2v) is 5.96. The van der Waals surface area contributed by atoms with E-state index in [-0.39, 0.29) is 13.0 Å². The molecular weight excluding hydrogens is 290 g/mol. The molecule has 0 radical (unpaired) electrons. The fraction of sp³-hybridized carbons (Fsp3) is 0.900. The van der Waals surface area contributed by atoms with Gasteiger partial charge in [-0.1, -0.05) is 5.11 Å². The molecular formula is C10H17N3O6S. The summed E-state index contributed by atoms with van der Waals surface area (Å²) >= 11 is 0. The van der Waals surface area contributed by atoms with E-state index in [2.05, 4.69) is 10.0 Å². The summed E-state index contributed by atoms with van der Waals surface area (Å²) in [4.78, 5) is 14.4. The Labute approximate surface area is 116 Å². The minimum absolute atomic E-state index is 0.0573. The first-order chi connectivity index (χ1) is 9.28. The predicted octanol–water partition coefficient (Wildman–Crippen LogP) is 0.751. The van der Waals surface area contributed by atoms with Crippen LogP contribution in [0.1, 0.15) is 20.3 Å². The highest BCUT2D eigenvalue weighted by Crippen LogP contribution is 2.26. The molecule has 0 spiro atoms. The van der Waals surface area contributed by atoms with Crippen molar-refractivity contribution in [3.8, 4) is 0 Å². The number of azide groups is 1. The molecule has 0 unspecified atom stereocenters. The van der Waals surface area contributed by atoms with Crippen LogP contribution in [-0.4, -0.2) is 51.6 Å². The molecule has 114 valence electrons. The van der Waals surface area contributed by atoms with Crippen LogP contribution in [-0.2, 0) is 28.6 Å². The van der Waals surface area contributed by atoms with Crippen molar-refractivity contribution in [2.24, 2.45) is 5.11 Å². The lowest BCUT2D eigenvalue weighted by Crippen LogP contribution is -2.50. The van der Waals surface area contributed by atoms with Gasteiger partial charge in [-0.05, 0) is 25.8 Å². The first-order valence-corrected chi connectivity index (χ1v) is 7.84. The Morgan fingerprint density at radius 1 is 1.55 bits per heavy atom. The summed E-state index contributed by atoms with van der Waals surface area (Å²) in [5.74, 6) is -0.644. The number of nitrogens with zero attached hydrogens (tertiary/aromatic N) is 3. The number of esters is 1. The molecule has 0 aliphatic carbocycles. The lowest BCUT2D eigenvalue weighted by molar-refractivity contribution is -0.173. The average molecular weight is 307 g/mol. The van der Waals surface area contributed by atoms with E-state index < -0.39 is 40.4 Å². The Morgan fingerprint density at radius 3 is 2.70 bits per heavy atom. The maximum absolute atomic E-state index is 11.7. The number of carbonyl (C=O) groups excluding carboxylic acids is 1. The number of ether oxygens (including phenoxy) is 2. The normalized spacial score (nSPS) is 30.4. The molecule has 20 heavy (non-hydrogen) atoms. The third kappa shape index (κ3) is 4.64. The number of rotatable bonds is 5. The molecule has 0 saturated carbocycles. The topological polar surface area (TPSA) is 128 Å². The van der Waals surface area contributed by atoms with E-state index in [1.165, 1.54) is 0 Å². The summed E-state index contributed by atoms with van der Waals surface area (Å²) in [6.07, 6.45) is -1.54. The fourth-order valence-electron chi connectivity index (χ4n) is 1.92. The number of hydrogen-bond acceptors (Lipinski definition) is 7. The van der Waals surface area contributed by atoms with Crippen LogP contribution < -0.4 is 0 Å². The summed E-state index contributed by atoms with van der Waals surface area (Å²) in [5, 5.41) is 3.46. The molecule has 1 aliphatic heterocycles. The maximum atomic E-state index is 11.7. The zero-order chi connectivity index (χ0) is 15.3. The molecule has 0 aromatic heterocycles. The third-order valence-corrected chi connectivity index (χ3v) is 3.32. The van der Waals surface area contributed by atoms with Crippen molar-refractivity contribution >= 4 is 16.1 Å². The molecule has 10 heteroatoms. The van der Waals surface area contributed by atoms with Crippen LogP contribution in [0, 0.1) is 0 Å². The van der Waals surface area contributed by atoms with Gasteiger partial charge < -0.3 is 9.47 Å². The van der Waals surface area contributed by atoms with Gasteiger partial charge in [0, 0.05) is 4.91 Å². The number of carbonyl (C=O) groups is 1. The van der Waals surface area contributed by atoms with Gasteiger partial charge in [0.25, 0.3) is 10.1 Å². The van der Waals surface area contributed by atoms with E-state index in [0.29, 0.717) is 0 Å². The summed E-state index contributed by atoms with van der Waals surface area (Å²) in [6.45, 7) is 3.38. The largest absolute Gasteiger partial charge is 0.464 e. The number of hydrogen-bond donors (Lipinski definition) is 0. The highest BCUT2D eigenvalue weighted by molar-refractivity contribution is 7.86. The summed E-state index contributed by atoms with van der Waals surface area (Å²) < 4.78 is 37.4. The monoisotopic (exact) mass is 307 g/mol. The predicted molar refractivity (Wildman–Crippen MR) is 68.2 cm³/mol. The minimum atomic E-state index is -3.67. The average Bonchev–Trinajstić information content (AvgIpc) is 2.31. The molecule has 1 rings (SSSR count). The molecule has 1 saturated heterocycles. The van der Waals surface area contributed by atoms with E-state index in [9.17, 15) is 13.2 Å². The van der Waals surface area contributed by atoms with Gasteiger partial charge >= 0.3 is 5.97 Å². The Bertz CT molecular complexity index is 501. The Balaban J connectivity index is 2.88. The van der Waals surface area contributed by atoms with E-state index in [1.54, 1.807) is 13.8 Å². The highest BCUT2D eigenvalue weighted by atomic mass is 32.2. The second kappa shape index (κ2) is 6.89. The Morgan fingerprint density at radius 2 is 2.20 bits per heavy atom. The quantitative estimate of drug-likeness (QED) is 0.242. The van der Waals surface area contributed by atoms with Crippen LogP contribution >= 0.6 is 0 Å². The zero-order valence-corrected chi connectivity index (χ0v) is 12.2. The van der Waals surface area contributed by atoms with Crippen molar-refractivity contribution in [2.45, 2.75) is 44.6 Å². The van der Waals surface area contributed by atoms with E-state index in [1.807, 2.05) is 0 Å². The van der Waals surface area contributed by atoms with Gasteiger partial charge in [0.1, 0.15) is 6.10 Å². The summed E-state index contributed by atoms with van der Waals surface area (Å²) in [5.41, 5.74) is 8.52. The van der Waals surface area contributed by atoms with E-state index in [4.69, 9.17) is 19.2 Å². The summed E-state index contributed by atoms with van der Waals surface area (Å²) in [7, 11) is -3.67. The lowest BCUT2D eigenvalue weighted by Gasteiger charge is -2.36. The van der Waals surface area contributed by atoms with Crippen LogP contribution in [0.15, 0.2) is 5.11 Å². The van der Waals surface area contributed by atoms with Gasteiger partial charge in [-0.25, -0.2) is 4.79 Å².